The molecule has 0 N–H and O–H groups in total. The summed E-state index contributed by atoms with van der Waals surface area (Å²) in [6.07, 6.45) is 1.62. The standard InChI is InChI=1S/C17H10BrCl2N5O2/c18-14-8-13(25(24-14)16-12(20)2-1-7-21-16)17-23-22-15(27-17)9-26-11-5-3-10(19)4-6-11/h1-8H,9H2. The highest BCUT2D eigenvalue weighted by Crippen LogP contribution is 2.27. The Morgan fingerprint density at radius 2 is 1.93 bits per heavy atom. The van der Waals surface area contributed by atoms with E-state index in [1.807, 2.05) is 0 Å². The molecule has 4 aromatic rings. The van der Waals surface area contributed by atoms with Crippen LogP contribution in [0.4, 0.5) is 0 Å². The van der Waals surface area contributed by atoms with E-state index in [-0.39, 0.29) is 12.5 Å². The average Bonchev–Trinajstić information content (AvgIpc) is 3.28. The Morgan fingerprint density at radius 1 is 1.11 bits per heavy atom. The Labute approximate surface area is 172 Å². The second kappa shape index (κ2) is 7.67. The van der Waals surface area contributed by atoms with E-state index in [1.165, 1.54) is 4.68 Å². The Morgan fingerprint density at radius 3 is 2.70 bits per heavy atom. The van der Waals surface area contributed by atoms with Gasteiger partial charge in [-0.05, 0) is 52.3 Å². The van der Waals surface area contributed by atoms with E-state index in [0.717, 1.165) is 0 Å². The molecule has 0 radical (unpaired) electrons. The van der Waals surface area contributed by atoms with E-state index in [9.17, 15) is 0 Å². The first-order valence-electron chi connectivity index (χ1n) is 7.68. The monoisotopic (exact) mass is 465 g/mol. The van der Waals surface area contributed by atoms with Crippen molar-refractivity contribution in [2.45, 2.75) is 6.61 Å². The average molecular weight is 467 g/mol. The molecular formula is C17H10BrCl2N5O2. The second-order valence-electron chi connectivity index (χ2n) is 5.32. The third kappa shape index (κ3) is 3.97. The maximum absolute atomic E-state index is 6.23. The number of aromatic nitrogens is 5. The maximum atomic E-state index is 6.23. The summed E-state index contributed by atoms with van der Waals surface area (Å²) in [6, 6.07) is 12.2. The fourth-order valence-electron chi connectivity index (χ4n) is 2.29. The van der Waals surface area contributed by atoms with Gasteiger partial charge in [0.2, 0.25) is 0 Å². The van der Waals surface area contributed by atoms with Crippen LogP contribution in [0.15, 0.2) is 57.7 Å². The van der Waals surface area contributed by atoms with Gasteiger partial charge in [0.05, 0.1) is 5.02 Å². The minimum absolute atomic E-state index is 0.119. The first-order valence-corrected chi connectivity index (χ1v) is 9.22. The maximum Gasteiger partial charge on any atom is 0.266 e. The van der Waals surface area contributed by atoms with Gasteiger partial charge in [0.1, 0.15) is 16.0 Å². The first kappa shape index (κ1) is 18.0. The highest BCUT2D eigenvalue weighted by atomic mass is 79.9. The molecule has 1 aromatic carbocycles. The van der Waals surface area contributed by atoms with Crippen molar-refractivity contribution in [1.82, 2.24) is 25.0 Å². The van der Waals surface area contributed by atoms with Crippen molar-refractivity contribution in [2.24, 2.45) is 0 Å². The van der Waals surface area contributed by atoms with Crippen molar-refractivity contribution in [3.63, 3.8) is 0 Å². The van der Waals surface area contributed by atoms with Crippen molar-refractivity contribution in [1.29, 1.82) is 0 Å². The molecule has 3 heterocycles. The molecule has 3 aromatic heterocycles. The minimum Gasteiger partial charge on any atom is -0.484 e. The lowest BCUT2D eigenvalue weighted by Crippen LogP contribution is -2.02. The molecule has 0 saturated carbocycles. The van der Waals surface area contributed by atoms with E-state index in [0.29, 0.717) is 37.8 Å². The Bertz CT molecular complexity index is 1080. The Kier molecular flexibility index (Phi) is 5.11. The number of benzene rings is 1. The van der Waals surface area contributed by atoms with Crippen molar-refractivity contribution in [3.8, 4) is 23.2 Å². The van der Waals surface area contributed by atoms with E-state index in [2.05, 4.69) is 36.2 Å². The molecule has 27 heavy (non-hydrogen) atoms. The Hall–Kier alpha value is -2.42. The quantitative estimate of drug-likeness (QED) is 0.413. The summed E-state index contributed by atoms with van der Waals surface area (Å²) >= 11 is 15.4. The summed E-state index contributed by atoms with van der Waals surface area (Å²) in [5.74, 6) is 1.69. The number of halogens is 3. The summed E-state index contributed by atoms with van der Waals surface area (Å²) < 4.78 is 13.4. The number of pyridine rings is 1. The van der Waals surface area contributed by atoms with Gasteiger partial charge in [-0.2, -0.15) is 5.10 Å². The zero-order chi connectivity index (χ0) is 18.8. The van der Waals surface area contributed by atoms with Crippen LogP contribution >= 0.6 is 39.1 Å². The highest BCUT2D eigenvalue weighted by Gasteiger charge is 2.19. The predicted molar refractivity (Wildman–Crippen MR) is 103 cm³/mol. The molecule has 0 amide bonds. The molecule has 0 atom stereocenters. The third-order valence-electron chi connectivity index (χ3n) is 3.48. The zero-order valence-corrected chi connectivity index (χ0v) is 16.6. The molecule has 0 aliphatic heterocycles. The number of hydrogen-bond acceptors (Lipinski definition) is 6. The highest BCUT2D eigenvalue weighted by molar-refractivity contribution is 9.10. The zero-order valence-electron chi connectivity index (χ0n) is 13.5. The van der Waals surface area contributed by atoms with Gasteiger partial charge in [0, 0.05) is 17.3 Å². The van der Waals surface area contributed by atoms with Crippen LogP contribution in [0.25, 0.3) is 17.4 Å². The topological polar surface area (TPSA) is 78.9 Å². The number of rotatable bonds is 5. The molecule has 136 valence electrons. The van der Waals surface area contributed by atoms with Gasteiger partial charge < -0.3 is 9.15 Å². The van der Waals surface area contributed by atoms with E-state index >= 15 is 0 Å². The van der Waals surface area contributed by atoms with Crippen molar-refractivity contribution in [3.05, 3.63) is 69.2 Å². The summed E-state index contributed by atoms with van der Waals surface area (Å²) in [7, 11) is 0. The summed E-state index contributed by atoms with van der Waals surface area (Å²) in [5, 5.41) is 13.5. The molecule has 4 rings (SSSR count). The van der Waals surface area contributed by atoms with Crippen LogP contribution in [-0.4, -0.2) is 25.0 Å². The van der Waals surface area contributed by atoms with Crippen LogP contribution in [-0.2, 0) is 6.61 Å². The Balaban J connectivity index is 1.58. The molecule has 0 fully saturated rings. The molecule has 0 unspecified atom stereocenters. The predicted octanol–water partition coefficient (Wildman–Crippen LogP) is 4.97. The second-order valence-corrected chi connectivity index (χ2v) is 6.97. The van der Waals surface area contributed by atoms with Gasteiger partial charge in [-0.25, -0.2) is 9.67 Å². The van der Waals surface area contributed by atoms with Crippen LogP contribution in [0.2, 0.25) is 10.0 Å². The van der Waals surface area contributed by atoms with Crippen molar-refractivity contribution in [2.75, 3.05) is 0 Å². The minimum atomic E-state index is 0.119. The number of hydrogen-bond donors (Lipinski definition) is 0. The van der Waals surface area contributed by atoms with Gasteiger partial charge in [-0.1, -0.05) is 23.2 Å². The lowest BCUT2D eigenvalue weighted by molar-refractivity contribution is 0.264. The summed E-state index contributed by atoms with van der Waals surface area (Å²) in [5.41, 5.74) is 0.549. The van der Waals surface area contributed by atoms with Crippen LogP contribution in [0.1, 0.15) is 5.89 Å². The van der Waals surface area contributed by atoms with Crippen molar-refractivity contribution >= 4 is 39.1 Å². The summed E-state index contributed by atoms with van der Waals surface area (Å²) in [4.78, 5) is 4.26. The molecule has 0 aliphatic carbocycles. The normalized spacial score (nSPS) is 10.9. The fraction of sp³-hybridized carbons (Fsp3) is 0.0588. The molecular weight excluding hydrogens is 457 g/mol. The molecule has 10 heteroatoms. The van der Waals surface area contributed by atoms with Crippen LogP contribution in [0.3, 0.4) is 0 Å². The van der Waals surface area contributed by atoms with E-state index in [1.54, 1.807) is 48.7 Å². The lowest BCUT2D eigenvalue weighted by Gasteiger charge is -2.05. The first-order chi connectivity index (χ1) is 13.1. The van der Waals surface area contributed by atoms with Crippen LogP contribution in [0.5, 0.6) is 5.75 Å². The third-order valence-corrected chi connectivity index (χ3v) is 4.42. The van der Waals surface area contributed by atoms with Crippen LogP contribution < -0.4 is 4.74 Å². The number of ether oxygens (including phenoxy) is 1. The number of nitrogens with zero attached hydrogens (tertiary/aromatic N) is 5. The molecule has 0 spiro atoms. The largest absolute Gasteiger partial charge is 0.484 e. The van der Waals surface area contributed by atoms with Gasteiger partial charge in [-0.15, -0.1) is 10.2 Å². The summed E-state index contributed by atoms with van der Waals surface area (Å²) in [6.45, 7) is 0.119. The molecule has 7 nitrogen and oxygen atoms in total. The molecule has 0 saturated heterocycles. The van der Waals surface area contributed by atoms with Gasteiger partial charge >= 0.3 is 0 Å². The fourth-order valence-corrected chi connectivity index (χ4v) is 2.99. The smallest absolute Gasteiger partial charge is 0.266 e. The van der Waals surface area contributed by atoms with E-state index in [4.69, 9.17) is 32.4 Å². The van der Waals surface area contributed by atoms with E-state index < -0.39 is 0 Å². The van der Waals surface area contributed by atoms with Gasteiger partial charge in [0.25, 0.3) is 11.8 Å². The van der Waals surface area contributed by atoms with Crippen LogP contribution in [0, 0.1) is 0 Å². The van der Waals surface area contributed by atoms with Gasteiger partial charge in [-0.3, -0.25) is 0 Å². The lowest BCUT2D eigenvalue weighted by atomic mass is 10.3. The molecule has 0 aliphatic rings. The SMILES string of the molecule is Clc1ccc(OCc2nnc(-c3cc(Br)nn3-c3ncccc3Cl)o2)cc1. The van der Waals surface area contributed by atoms with Gasteiger partial charge in [0.15, 0.2) is 12.4 Å². The van der Waals surface area contributed by atoms with Crippen molar-refractivity contribution < 1.29 is 9.15 Å². The molecule has 0 bridgehead atoms.